The molecular weight excluding hydrogens is 801 g/mol. The molecule has 0 aliphatic rings. The third-order valence-corrected chi connectivity index (χ3v) is 13.0. The lowest BCUT2D eigenvalue weighted by Crippen LogP contribution is -1.90. The molecule has 286 valence electrons. The van der Waals surface area contributed by atoms with Crippen molar-refractivity contribution in [2.24, 2.45) is 0 Å². The SMILES string of the molecule is Brc1c2ccccc2c(-c2ccc(-c3ccccc3)c3ccccc23)c2ccccc12.c1ccc(-c2ccc(-c3c4ccccc4cc4ccccc34)c3ccccc23)cc1. The number of rotatable bonds is 4. The molecule has 0 saturated carbocycles. The fourth-order valence-corrected chi connectivity index (χ4v) is 10.1. The Morgan fingerprint density at radius 3 is 0.902 bits per heavy atom. The molecule has 0 heterocycles. The van der Waals surface area contributed by atoms with Gasteiger partial charge in [0.1, 0.15) is 0 Å². The molecular formula is C60H39Br. The molecule has 12 aromatic carbocycles. The zero-order valence-corrected chi connectivity index (χ0v) is 35.0. The summed E-state index contributed by atoms with van der Waals surface area (Å²) in [6, 6.07) is 85.2. The molecule has 0 atom stereocenters. The maximum atomic E-state index is 3.88. The van der Waals surface area contributed by atoms with E-state index < -0.39 is 0 Å². The number of hydrogen-bond donors (Lipinski definition) is 0. The second-order valence-electron chi connectivity index (χ2n) is 15.6. The van der Waals surface area contributed by atoms with Gasteiger partial charge in [-0.3, -0.25) is 0 Å². The van der Waals surface area contributed by atoms with Crippen LogP contribution >= 0.6 is 15.9 Å². The molecule has 0 saturated heterocycles. The van der Waals surface area contributed by atoms with Crippen molar-refractivity contribution >= 4 is 80.6 Å². The molecule has 0 aliphatic carbocycles. The van der Waals surface area contributed by atoms with Gasteiger partial charge >= 0.3 is 0 Å². The van der Waals surface area contributed by atoms with Crippen LogP contribution in [0.2, 0.25) is 0 Å². The Bertz CT molecular complexity index is 3480. The number of fused-ring (bicyclic) bond motifs is 6. The smallest absolute Gasteiger partial charge is 0.0332 e. The van der Waals surface area contributed by atoms with Crippen LogP contribution in [0.5, 0.6) is 0 Å². The van der Waals surface area contributed by atoms with Crippen molar-refractivity contribution in [1.29, 1.82) is 0 Å². The highest BCUT2D eigenvalue weighted by molar-refractivity contribution is 9.10. The zero-order chi connectivity index (χ0) is 40.7. The van der Waals surface area contributed by atoms with Crippen LogP contribution in [0.3, 0.4) is 0 Å². The van der Waals surface area contributed by atoms with Gasteiger partial charge in [0.05, 0.1) is 0 Å². The predicted octanol–water partition coefficient (Wildman–Crippen LogP) is 17.7. The first-order chi connectivity index (χ1) is 30.2. The summed E-state index contributed by atoms with van der Waals surface area (Å²) in [4.78, 5) is 0. The van der Waals surface area contributed by atoms with E-state index in [4.69, 9.17) is 0 Å². The molecule has 0 fully saturated rings. The highest BCUT2D eigenvalue weighted by Gasteiger charge is 2.18. The van der Waals surface area contributed by atoms with Crippen molar-refractivity contribution in [2.75, 3.05) is 0 Å². The van der Waals surface area contributed by atoms with Crippen LogP contribution in [0, 0.1) is 0 Å². The lowest BCUT2D eigenvalue weighted by molar-refractivity contribution is 1.64. The van der Waals surface area contributed by atoms with Crippen LogP contribution in [0.4, 0.5) is 0 Å². The molecule has 0 N–H and O–H groups in total. The molecule has 0 radical (unpaired) electrons. The van der Waals surface area contributed by atoms with Crippen molar-refractivity contribution in [3.05, 3.63) is 241 Å². The Kier molecular flexibility index (Phi) is 9.45. The number of halogens is 1. The first kappa shape index (κ1) is 36.7. The molecule has 0 bridgehead atoms. The normalized spacial score (nSPS) is 11.4. The van der Waals surface area contributed by atoms with Gasteiger partial charge in [-0.1, -0.05) is 231 Å². The first-order valence-electron chi connectivity index (χ1n) is 20.9. The summed E-state index contributed by atoms with van der Waals surface area (Å²) in [5.74, 6) is 0. The second kappa shape index (κ2) is 15.7. The van der Waals surface area contributed by atoms with Crippen molar-refractivity contribution in [1.82, 2.24) is 0 Å². The summed E-state index contributed by atoms with van der Waals surface area (Å²) in [5.41, 5.74) is 10.2. The maximum absolute atomic E-state index is 3.88. The third kappa shape index (κ3) is 6.46. The van der Waals surface area contributed by atoms with Crippen molar-refractivity contribution in [3.8, 4) is 44.5 Å². The molecule has 0 unspecified atom stereocenters. The van der Waals surface area contributed by atoms with Gasteiger partial charge in [-0.2, -0.15) is 0 Å². The Hall–Kier alpha value is -7.32. The molecule has 1 heteroatoms. The fourth-order valence-electron chi connectivity index (χ4n) is 9.44. The number of hydrogen-bond acceptors (Lipinski definition) is 0. The Morgan fingerprint density at radius 2 is 0.492 bits per heavy atom. The van der Waals surface area contributed by atoms with Crippen molar-refractivity contribution < 1.29 is 0 Å². The average molecular weight is 840 g/mol. The van der Waals surface area contributed by atoms with Crippen molar-refractivity contribution in [2.45, 2.75) is 0 Å². The third-order valence-electron chi connectivity index (χ3n) is 12.2. The van der Waals surface area contributed by atoms with E-state index in [1.165, 1.54) is 109 Å². The van der Waals surface area contributed by atoms with Gasteiger partial charge in [-0.25, -0.2) is 0 Å². The van der Waals surface area contributed by atoms with Crippen LogP contribution in [0.15, 0.2) is 241 Å². The highest BCUT2D eigenvalue weighted by Crippen LogP contribution is 2.46. The van der Waals surface area contributed by atoms with E-state index in [2.05, 4.69) is 253 Å². The number of benzene rings is 12. The fraction of sp³-hybridized carbons (Fsp3) is 0. The summed E-state index contributed by atoms with van der Waals surface area (Å²) in [6.07, 6.45) is 0. The molecule has 12 rings (SSSR count). The summed E-state index contributed by atoms with van der Waals surface area (Å²) in [5, 5.41) is 15.3. The van der Waals surface area contributed by atoms with E-state index in [1.807, 2.05) is 0 Å². The van der Waals surface area contributed by atoms with Crippen LogP contribution in [0.25, 0.3) is 109 Å². The van der Waals surface area contributed by atoms with Gasteiger partial charge in [0.25, 0.3) is 0 Å². The molecule has 0 spiro atoms. The Balaban J connectivity index is 0.000000138. The minimum atomic E-state index is 1.16. The quantitative estimate of drug-likeness (QED) is 0.155. The van der Waals surface area contributed by atoms with Gasteiger partial charge in [0, 0.05) is 4.47 Å². The van der Waals surface area contributed by atoms with E-state index >= 15 is 0 Å². The van der Waals surface area contributed by atoms with Crippen LogP contribution in [-0.4, -0.2) is 0 Å². The maximum Gasteiger partial charge on any atom is 0.0332 e. The van der Waals surface area contributed by atoms with Crippen molar-refractivity contribution in [3.63, 3.8) is 0 Å². The van der Waals surface area contributed by atoms with E-state index in [1.54, 1.807) is 0 Å². The molecule has 12 aromatic rings. The van der Waals surface area contributed by atoms with Crippen LogP contribution in [-0.2, 0) is 0 Å². The van der Waals surface area contributed by atoms with E-state index in [9.17, 15) is 0 Å². The van der Waals surface area contributed by atoms with Gasteiger partial charge in [-0.15, -0.1) is 0 Å². The summed E-state index contributed by atoms with van der Waals surface area (Å²) in [6.45, 7) is 0. The minimum absolute atomic E-state index is 1.16. The Labute approximate surface area is 364 Å². The van der Waals surface area contributed by atoms with Gasteiger partial charge in [0.2, 0.25) is 0 Å². The second-order valence-corrected chi connectivity index (χ2v) is 16.4. The topological polar surface area (TPSA) is 0 Å². The summed E-state index contributed by atoms with van der Waals surface area (Å²) >= 11 is 3.88. The standard InChI is InChI=1S/C30H19Br.C30H20/c31-30-27-16-8-6-14-24(27)29(25-15-7-9-17-28(25)30)26-19-18-21(20-10-2-1-3-11-20)22-12-4-5-13-23(22)26;1-2-10-21(11-3-1)24-18-19-29(28-17-9-8-16-27(24)28)30-25-14-6-4-12-22(25)20-23-13-5-7-15-26(23)30/h1-19H;1-20H. The van der Waals surface area contributed by atoms with Gasteiger partial charge in [0.15, 0.2) is 0 Å². The predicted molar refractivity (Wildman–Crippen MR) is 267 cm³/mol. The van der Waals surface area contributed by atoms with E-state index in [0.717, 1.165) is 4.47 Å². The Morgan fingerprint density at radius 1 is 0.213 bits per heavy atom. The minimum Gasteiger partial charge on any atom is -0.0622 e. The summed E-state index contributed by atoms with van der Waals surface area (Å²) in [7, 11) is 0. The largest absolute Gasteiger partial charge is 0.0622 e. The monoisotopic (exact) mass is 838 g/mol. The van der Waals surface area contributed by atoms with Gasteiger partial charge in [-0.05, 0) is 131 Å². The molecule has 0 aromatic heterocycles. The lowest BCUT2D eigenvalue weighted by atomic mass is 9.87. The molecule has 0 amide bonds. The molecule has 61 heavy (non-hydrogen) atoms. The highest BCUT2D eigenvalue weighted by atomic mass is 79.9. The first-order valence-corrected chi connectivity index (χ1v) is 21.7. The average Bonchev–Trinajstić information content (AvgIpc) is 3.34. The molecule has 0 nitrogen and oxygen atoms in total. The van der Waals surface area contributed by atoms with Crippen LogP contribution in [0.1, 0.15) is 0 Å². The van der Waals surface area contributed by atoms with E-state index in [0.29, 0.717) is 0 Å². The zero-order valence-electron chi connectivity index (χ0n) is 33.4. The lowest BCUT2D eigenvalue weighted by Gasteiger charge is -2.17. The van der Waals surface area contributed by atoms with Crippen LogP contribution < -0.4 is 0 Å². The summed E-state index contributed by atoms with van der Waals surface area (Å²) < 4.78 is 1.16. The van der Waals surface area contributed by atoms with E-state index in [-0.39, 0.29) is 0 Å². The molecule has 0 aliphatic heterocycles. The van der Waals surface area contributed by atoms with Gasteiger partial charge < -0.3 is 0 Å².